The molecule has 0 fully saturated rings. The van der Waals surface area contributed by atoms with Gasteiger partial charge < -0.3 is 0 Å². The van der Waals surface area contributed by atoms with E-state index in [-0.39, 0.29) is 0 Å². The summed E-state index contributed by atoms with van der Waals surface area (Å²) in [6.07, 6.45) is 15.5. The number of unbranched alkanes of at least 4 members (excludes halogenated alkanes) is 12. The van der Waals surface area contributed by atoms with Crippen molar-refractivity contribution in [3.63, 3.8) is 0 Å². The molecule has 0 unspecified atom stereocenters. The van der Waals surface area contributed by atoms with Crippen molar-refractivity contribution >= 4 is 0 Å². The zero-order valence-electron chi connectivity index (χ0n) is 13.0. The highest BCUT2D eigenvalue weighted by atomic mass is 19.3. The number of halogens is 2. The van der Waals surface area contributed by atoms with Crippen LogP contribution in [0.5, 0.6) is 0 Å². The molecule has 116 valence electrons. The van der Waals surface area contributed by atoms with E-state index < -0.39 is 6.08 Å². The SMILES string of the molecule is CCCCCCCCCCCCCCC#CC=C(F)F. The maximum Gasteiger partial charge on any atom is 0.278 e. The van der Waals surface area contributed by atoms with E-state index in [4.69, 9.17) is 0 Å². The van der Waals surface area contributed by atoms with Gasteiger partial charge in [-0.15, -0.1) is 0 Å². The second-order valence-corrected chi connectivity index (χ2v) is 5.39. The van der Waals surface area contributed by atoms with E-state index in [0.29, 0.717) is 6.08 Å². The first-order chi connectivity index (χ1) is 9.77. The molecule has 0 aliphatic rings. The maximum atomic E-state index is 11.7. The van der Waals surface area contributed by atoms with E-state index >= 15 is 0 Å². The molecular formula is C18H30F2. The van der Waals surface area contributed by atoms with Crippen LogP contribution in [0.2, 0.25) is 0 Å². The molecule has 0 atom stereocenters. The fraction of sp³-hybridized carbons (Fsp3) is 0.778. The van der Waals surface area contributed by atoms with Crippen molar-refractivity contribution in [3.8, 4) is 11.8 Å². The lowest BCUT2D eigenvalue weighted by Gasteiger charge is -2.01. The lowest BCUT2D eigenvalue weighted by molar-refractivity contribution is 0.422. The molecule has 0 nitrogen and oxygen atoms in total. The monoisotopic (exact) mass is 284 g/mol. The summed E-state index contributed by atoms with van der Waals surface area (Å²) in [4.78, 5) is 0. The minimum absolute atomic E-state index is 0.681. The van der Waals surface area contributed by atoms with E-state index in [1.807, 2.05) is 0 Å². The van der Waals surface area contributed by atoms with E-state index in [1.54, 1.807) is 0 Å². The van der Waals surface area contributed by atoms with Gasteiger partial charge in [-0.3, -0.25) is 0 Å². The molecule has 0 bridgehead atoms. The smallest absolute Gasteiger partial charge is 0.173 e. The topological polar surface area (TPSA) is 0 Å². The highest BCUT2D eigenvalue weighted by Crippen LogP contribution is 2.12. The van der Waals surface area contributed by atoms with Crippen LogP contribution in [0, 0.1) is 11.8 Å². The molecule has 0 amide bonds. The third-order valence-electron chi connectivity index (χ3n) is 3.44. The molecule has 2 heteroatoms. The lowest BCUT2D eigenvalue weighted by Crippen LogP contribution is -1.82. The second kappa shape index (κ2) is 16.2. The van der Waals surface area contributed by atoms with Gasteiger partial charge in [0.2, 0.25) is 0 Å². The molecule has 0 radical (unpaired) electrons. The van der Waals surface area contributed by atoms with Gasteiger partial charge in [-0.25, -0.2) is 0 Å². The summed E-state index contributed by atoms with van der Waals surface area (Å²) < 4.78 is 23.3. The average Bonchev–Trinajstić information content (AvgIpc) is 2.43. The molecule has 0 aromatic carbocycles. The normalized spacial score (nSPS) is 9.95. The van der Waals surface area contributed by atoms with Gasteiger partial charge in [0.1, 0.15) is 0 Å². The Labute approximate surface area is 124 Å². The molecule has 0 aromatic heterocycles. The molecule has 20 heavy (non-hydrogen) atoms. The summed E-state index contributed by atoms with van der Waals surface area (Å²) in [5.41, 5.74) is 0. The summed E-state index contributed by atoms with van der Waals surface area (Å²) in [5.74, 6) is 5.11. The van der Waals surface area contributed by atoms with Gasteiger partial charge in [-0.05, 0) is 6.42 Å². The number of hydrogen-bond acceptors (Lipinski definition) is 0. The van der Waals surface area contributed by atoms with Gasteiger partial charge in [-0.1, -0.05) is 89.4 Å². The lowest BCUT2D eigenvalue weighted by atomic mass is 10.0. The Morgan fingerprint density at radius 3 is 1.65 bits per heavy atom. The van der Waals surface area contributed by atoms with Crippen molar-refractivity contribution in [1.29, 1.82) is 0 Å². The van der Waals surface area contributed by atoms with Crippen molar-refractivity contribution in [2.75, 3.05) is 0 Å². The zero-order valence-corrected chi connectivity index (χ0v) is 13.0. The molecule has 0 rings (SSSR count). The van der Waals surface area contributed by atoms with Crippen LogP contribution < -0.4 is 0 Å². The Morgan fingerprint density at radius 1 is 0.750 bits per heavy atom. The molecule has 0 spiro atoms. The molecule has 0 saturated heterocycles. The predicted molar refractivity (Wildman–Crippen MR) is 83.8 cm³/mol. The molecule has 0 saturated carbocycles. The van der Waals surface area contributed by atoms with E-state index in [1.165, 1.54) is 70.6 Å². The number of hydrogen-bond donors (Lipinski definition) is 0. The molecule has 0 aliphatic carbocycles. The van der Waals surface area contributed by atoms with Crippen molar-refractivity contribution in [3.05, 3.63) is 12.2 Å². The fourth-order valence-electron chi connectivity index (χ4n) is 2.23. The molecule has 0 heterocycles. The third-order valence-corrected chi connectivity index (χ3v) is 3.44. The van der Waals surface area contributed by atoms with E-state index in [2.05, 4.69) is 18.8 Å². The van der Waals surface area contributed by atoms with Crippen LogP contribution in [0.4, 0.5) is 8.78 Å². The van der Waals surface area contributed by atoms with E-state index in [0.717, 1.165) is 12.8 Å². The minimum atomic E-state index is -1.70. The Balaban J connectivity index is 3.09. The zero-order chi connectivity index (χ0) is 14.9. The van der Waals surface area contributed by atoms with Crippen LogP contribution in [0.25, 0.3) is 0 Å². The Hall–Kier alpha value is -0.840. The standard InChI is InChI=1S/C18H30F2/c1-2-3-4-5-6-7-8-9-10-11-12-13-14-15-16-17-18(19)20/h17H,2-14H2,1H3. The summed E-state index contributed by atoms with van der Waals surface area (Å²) in [5, 5.41) is 0. The molecule has 0 aliphatic heterocycles. The van der Waals surface area contributed by atoms with Gasteiger partial charge in [0, 0.05) is 6.42 Å². The third kappa shape index (κ3) is 17.2. The van der Waals surface area contributed by atoms with Gasteiger partial charge in [0.15, 0.2) is 0 Å². The Kier molecular flexibility index (Phi) is 15.5. The summed E-state index contributed by atoms with van der Waals surface area (Å²) >= 11 is 0. The predicted octanol–water partition coefficient (Wildman–Crippen LogP) is 6.86. The van der Waals surface area contributed by atoms with Crippen molar-refractivity contribution < 1.29 is 8.78 Å². The Morgan fingerprint density at radius 2 is 1.20 bits per heavy atom. The number of rotatable bonds is 12. The van der Waals surface area contributed by atoms with Crippen LogP contribution in [0.15, 0.2) is 12.2 Å². The van der Waals surface area contributed by atoms with Gasteiger partial charge in [0.25, 0.3) is 6.08 Å². The molecule has 0 N–H and O–H groups in total. The van der Waals surface area contributed by atoms with Gasteiger partial charge in [-0.2, -0.15) is 8.78 Å². The molecular weight excluding hydrogens is 254 g/mol. The highest BCUT2D eigenvalue weighted by molar-refractivity contribution is 5.15. The quantitative estimate of drug-likeness (QED) is 0.271. The van der Waals surface area contributed by atoms with E-state index in [9.17, 15) is 8.78 Å². The summed E-state index contributed by atoms with van der Waals surface area (Å²) in [6.45, 7) is 2.25. The van der Waals surface area contributed by atoms with Crippen molar-refractivity contribution in [2.24, 2.45) is 0 Å². The van der Waals surface area contributed by atoms with Crippen LogP contribution in [-0.2, 0) is 0 Å². The minimum Gasteiger partial charge on any atom is -0.173 e. The second-order valence-electron chi connectivity index (χ2n) is 5.39. The van der Waals surface area contributed by atoms with Gasteiger partial charge >= 0.3 is 0 Å². The maximum absolute atomic E-state index is 11.7. The molecule has 0 aromatic rings. The summed E-state index contributed by atoms with van der Waals surface area (Å²) in [6, 6.07) is 0. The fourth-order valence-corrected chi connectivity index (χ4v) is 2.23. The highest BCUT2D eigenvalue weighted by Gasteiger charge is 1.92. The average molecular weight is 284 g/mol. The van der Waals surface area contributed by atoms with Crippen molar-refractivity contribution in [1.82, 2.24) is 0 Å². The van der Waals surface area contributed by atoms with Crippen LogP contribution in [-0.4, -0.2) is 0 Å². The number of allylic oxidation sites excluding steroid dienone is 1. The van der Waals surface area contributed by atoms with Crippen LogP contribution in [0.1, 0.15) is 90.4 Å². The Bertz CT molecular complexity index is 280. The van der Waals surface area contributed by atoms with Crippen LogP contribution >= 0.6 is 0 Å². The van der Waals surface area contributed by atoms with Crippen LogP contribution in [0.3, 0.4) is 0 Å². The summed E-state index contributed by atoms with van der Waals surface area (Å²) in [7, 11) is 0. The first-order valence-corrected chi connectivity index (χ1v) is 8.27. The van der Waals surface area contributed by atoms with Crippen molar-refractivity contribution in [2.45, 2.75) is 90.4 Å². The largest absolute Gasteiger partial charge is 0.278 e. The van der Waals surface area contributed by atoms with Gasteiger partial charge in [0.05, 0.1) is 6.08 Å². The first-order valence-electron chi connectivity index (χ1n) is 8.27. The first kappa shape index (κ1) is 19.2.